The second-order valence-electron chi connectivity index (χ2n) is 3.12. The summed E-state index contributed by atoms with van der Waals surface area (Å²) in [5, 5.41) is 3.34. The fraction of sp³-hybridized carbons (Fsp3) is 1.00. The van der Waals surface area contributed by atoms with Crippen LogP contribution in [-0.2, 0) is 0 Å². The van der Waals surface area contributed by atoms with Gasteiger partial charge in [-0.3, -0.25) is 0 Å². The van der Waals surface area contributed by atoms with E-state index < -0.39 is 0 Å². The molecule has 0 aromatic heterocycles. The predicted molar refractivity (Wildman–Crippen MR) is 62.2 cm³/mol. The smallest absolute Gasteiger partial charge is 0.00490 e. The van der Waals surface area contributed by atoms with Crippen LogP contribution in [0.1, 0.15) is 52.4 Å². The van der Waals surface area contributed by atoms with E-state index in [0.29, 0.717) is 0 Å². The van der Waals surface area contributed by atoms with Gasteiger partial charge >= 0.3 is 0 Å². The first kappa shape index (κ1) is 14.9. The Morgan fingerprint density at radius 3 is 2.00 bits per heavy atom. The number of rotatable bonds is 8. The molecule has 0 aliphatic heterocycles. The van der Waals surface area contributed by atoms with Crippen molar-refractivity contribution in [3.8, 4) is 0 Å². The zero-order valence-electron chi connectivity index (χ0n) is 8.57. The first-order valence-electron chi connectivity index (χ1n) is 5.12. The van der Waals surface area contributed by atoms with Crippen molar-refractivity contribution in [3.63, 3.8) is 0 Å². The van der Waals surface area contributed by atoms with Gasteiger partial charge in [0.05, 0.1) is 0 Å². The summed E-state index contributed by atoms with van der Waals surface area (Å²) in [6.45, 7) is 6.76. The van der Waals surface area contributed by atoms with Gasteiger partial charge in [-0.25, -0.2) is 0 Å². The standard InChI is InChI=1S/C10H23N.BrH/c1-3-5-6-7-8-9-10-11-4-2;/h11H,3-10H2,1-2H3;1H. The first-order chi connectivity index (χ1) is 5.41. The van der Waals surface area contributed by atoms with Crippen molar-refractivity contribution >= 4 is 17.0 Å². The number of halogens is 1. The van der Waals surface area contributed by atoms with Gasteiger partial charge in [0.15, 0.2) is 0 Å². The van der Waals surface area contributed by atoms with Gasteiger partial charge in [-0.2, -0.15) is 0 Å². The molecule has 0 heterocycles. The topological polar surface area (TPSA) is 12.0 Å². The third-order valence-corrected chi connectivity index (χ3v) is 1.96. The second-order valence-corrected chi connectivity index (χ2v) is 3.12. The quantitative estimate of drug-likeness (QED) is 0.638. The Bertz CT molecular complexity index is 58.9. The molecule has 0 amide bonds. The first-order valence-corrected chi connectivity index (χ1v) is 5.12. The molecular formula is C10H24BrN. The highest BCUT2D eigenvalue weighted by molar-refractivity contribution is 8.93. The van der Waals surface area contributed by atoms with Crippen LogP contribution >= 0.6 is 17.0 Å². The Morgan fingerprint density at radius 2 is 1.42 bits per heavy atom. The van der Waals surface area contributed by atoms with E-state index in [0.717, 1.165) is 6.54 Å². The van der Waals surface area contributed by atoms with Crippen LogP contribution in [0.25, 0.3) is 0 Å². The van der Waals surface area contributed by atoms with Crippen LogP contribution in [0, 0.1) is 0 Å². The van der Waals surface area contributed by atoms with Crippen LogP contribution in [0.15, 0.2) is 0 Å². The zero-order valence-corrected chi connectivity index (χ0v) is 10.3. The van der Waals surface area contributed by atoms with Gasteiger partial charge in [0.1, 0.15) is 0 Å². The number of unbranched alkanes of at least 4 members (excludes halogenated alkanes) is 5. The largest absolute Gasteiger partial charge is 0.317 e. The summed E-state index contributed by atoms with van der Waals surface area (Å²) in [7, 11) is 0. The Morgan fingerprint density at radius 1 is 0.833 bits per heavy atom. The fourth-order valence-corrected chi connectivity index (χ4v) is 1.21. The molecule has 12 heavy (non-hydrogen) atoms. The SMILES string of the molecule is Br.CCCCCCCCNCC. The molecule has 76 valence electrons. The Balaban J connectivity index is 0. The van der Waals surface area contributed by atoms with Gasteiger partial charge < -0.3 is 5.32 Å². The van der Waals surface area contributed by atoms with Crippen molar-refractivity contribution in [2.45, 2.75) is 52.4 Å². The van der Waals surface area contributed by atoms with Crippen molar-refractivity contribution in [1.82, 2.24) is 5.32 Å². The van der Waals surface area contributed by atoms with E-state index in [2.05, 4.69) is 19.2 Å². The maximum Gasteiger partial charge on any atom is -0.00490 e. The van der Waals surface area contributed by atoms with Crippen LogP contribution in [0.3, 0.4) is 0 Å². The molecule has 0 aliphatic rings. The molecule has 0 aliphatic carbocycles. The highest BCUT2D eigenvalue weighted by Crippen LogP contribution is 2.03. The minimum Gasteiger partial charge on any atom is -0.317 e. The van der Waals surface area contributed by atoms with Gasteiger partial charge in [0.2, 0.25) is 0 Å². The van der Waals surface area contributed by atoms with E-state index in [-0.39, 0.29) is 17.0 Å². The number of hydrogen-bond donors (Lipinski definition) is 1. The summed E-state index contributed by atoms with van der Waals surface area (Å²) in [4.78, 5) is 0. The summed E-state index contributed by atoms with van der Waals surface area (Å²) < 4.78 is 0. The molecule has 0 bridgehead atoms. The molecule has 1 N–H and O–H groups in total. The third-order valence-electron chi connectivity index (χ3n) is 1.96. The van der Waals surface area contributed by atoms with E-state index in [1.54, 1.807) is 0 Å². The lowest BCUT2D eigenvalue weighted by Gasteiger charge is -2.00. The molecule has 0 radical (unpaired) electrons. The lowest BCUT2D eigenvalue weighted by Crippen LogP contribution is -2.13. The Kier molecular flexibility index (Phi) is 17.4. The summed E-state index contributed by atoms with van der Waals surface area (Å²) in [5.41, 5.74) is 0. The molecule has 0 aromatic rings. The highest BCUT2D eigenvalue weighted by Gasteiger charge is 1.88. The predicted octanol–water partition coefficient (Wildman–Crippen LogP) is 3.53. The minimum absolute atomic E-state index is 0. The average Bonchev–Trinajstić information content (AvgIpc) is 2.03. The lowest BCUT2D eigenvalue weighted by atomic mass is 10.1. The maximum absolute atomic E-state index is 3.34. The van der Waals surface area contributed by atoms with E-state index >= 15 is 0 Å². The molecule has 0 atom stereocenters. The summed E-state index contributed by atoms with van der Waals surface area (Å²) in [5.74, 6) is 0. The van der Waals surface area contributed by atoms with Crippen LogP contribution in [-0.4, -0.2) is 13.1 Å². The fourth-order valence-electron chi connectivity index (χ4n) is 1.21. The molecular weight excluding hydrogens is 214 g/mol. The lowest BCUT2D eigenvalue weighted by molar-refractivity contribution is 0.580. The van der Waals surface area contributed by atoms with Crippen molar-refractivity contribution in [1.29, 1.82) is 0 Å². The van der Waals surface area contributed by atoms with Crippen molar-refractivity contribution in [2.24, 2.45) is 0 Å². The summed E-state index contributed by atoms with van der Waals surface area (Å²) >= 11 is 0. The molecule has 0 saturated heterocycles. The number of nitrogens with one attached hydrogen (secondary N) is 1. The minimum atomic E-state index is 0. The maximum atomic E-state index is 3.34. The molecule has 0 fully saturated rings. The van der Waals surface area contributed by atoms with E-state index in [4.69, 9.17) is 0 Å². The van der Waals surface area contributed by atoms with Crippen LogP contribution in [0.5, 0.6) is 0 Å². The van der Waals surface area contributed by atoms with Crippen LogP contribution in [0.2, 0.25) is 0 Å². The van der Waals surface area contributed by atoms with Crippen molar-refractivity contribution < 1.29 is 0 Å². The van der Waals surface area contributed by atoms with Crippen molar-refractivity contribution in [3.05, 3.63) is 0 Å². The van der Waals surface area contributed by atoms with Crippen LogP contribution in [0.4, 0.5) is 0 Å². The average molecular weight is 238 g/mol. The van der Waals surface area contributed by atoms with Gasteiger partial charge in [-0.05, 0) is 19.5 Å². The molecule has 1 nitrogen and oxygen atoms in total. The van der Waals surface area contributed by atoms with E-state index in [1.807, 2.05) is 0 Å². The van der Waals surface area contributed by atoms with Gasteiger partial charge in [0, 0.05) is 0 Å². The van der Waals surface area contributed by atoms with Crippen LogP contribution < -0.4 is 5.32 Å². The normalized spacial score (nSPS) is 9.50. The summed E-state index contributed by atoms with van der Waals surface area (Å²) in [6, 6.07) is 0. The van der Waals surface area contributed by atoms with E-state index in [1.165, 1.54) is 45.1 Å². The molecule has 0 rings (SSSR count). The highest BCUT2D eigenvalue weighted by atomic mass is 79.9. The Labute approximate surface area is 88.1 Å². The molecule has 0 unspecified atom stereocenters. The molecule has 0 aromatic carbocycles. The van der Waals surface area contributed by atoms with E-state index in [9.17, 15) is 0 Å². The molecule has 0 saturated carbocycles. The van der Waals surface area contributed by atoms with Crippen molar-refractivity contribution in [2.75, 3.05) is 13.1 Å². The van der Waals surface area contributed by atoms with Gasteiger partial charge in [-0.15, -0.1) is 17.0 Å². The zero-order chi connectivity index (χ0) is 8.36. The molecule has 2 heteroatoms. The monoisotopic (exact) mass is 237 g/mol. The third kappa shape index (κ3) is 13.1. The number of hydrogen-bond acceptors (Lipinski definition) is 1. The summed E-state index contributed by atoms with van der Waals surface area (Å²) in [6.07, 6.45) is 8.40. The van der Waals surface area contributed by atoms with Gasteiger partial charge in [0.25, 0.3) is 0 Å². The second kappa shape index (κ2) is 14.0. The Hall–Kier alpha value is 0.440. The molecule has 0 spiro atoms. The van der Waals surface area contributed by atoms with Gasteiger partial charge in [-0.1, -0.05) is 46.0 Å².